The van der Waals surface area contributed by atoms with Gasteiger partial charge in [-0.3, -0.25) is 0 Å². The van der Waals surface area contributed by atoms with E-state index in [-0.39, 0.29) is 5.82 Å². The van der Waals surface area contributed by atoms with Gasteiger partial charge in [-0.25, -0.2) is 4.39 Å². The van der Waals surface area contributed by atoms with E-state index in [0.717, 1.165) is 16.9 Å². The molecule has 0 atom stereocenters. The van der Waals surface area contributed by atoms with E-state index in [9.17, 15) is 4.39 Å². The summed E-state index contributed by atoms with van der Waals surface area (Å²) in [6, 6.07) is 12.4. The molecule has 4 heteroatoms. The Balaban J connectivity index is 2.14. The molecule has 0 saturated heterocycles. The van der Waals surface area contributed by atoms with Crippen molar-refractivity contribution in [2.75, 3.05) is 0 Å². The van der Waals surface area contributed by atoms with Crippen LogP contribution in [0.4, 0.5) is 4.39 Å². The topological polar surface area (TPSA) is 9.23 Å². The molecule has 0 amide bonds. The van der Waals surface area contributed by atoms with E-state index in [0.29, 0.717) is 17.0 Å². The fourth-order valence-corrected chi connectivity index (χ4v) is 2.17. The van der Waals surface area contributed by atoms with Crippen molar-refractivity contribution in [3.8, 4) is 5.75 Å². The summed E-state index contributed by atoms with van der Waals surface area (Å²) in [5.74, 6) is 0.825. The molecule has 18 heavy (non-hydrogen) atoms. The van der Waals surface area contributed by atoms with Crippen LogP contribution < -0.4 is 4.74 Å². The third-order valence-corrected chi connectivity index (χ3v) is 3.71. The van der Waals surface area contributed by atoms with E-state index in [1.807, 2.05) is 30.3 Å². The lowest BCUT2D eigenvalue weighted by Gasteiger charge is -2.11. The number of para-hydroxylation sites is 1. The highest BCUT2D eigenvalue weighted by molar-refractivity contribution is 9.10. The maximum atomic E-state index is 13.3. The Hall–Kier alpha value is -1.06. The number of rotatable bonds is 4. The minimum Gasteiger partial charge on any atom is -0.489 e. The van der Waals surface area contributed by atoms with Crippen molar-refractivity contribution in [2.24, 2.45) is 0 Å². The van der Waals surface area contributed by atoms with Gasteiger partial charge in [-0.05, 0) is 28.1 Å². The molecule has 1 nitrogen and oxygen atoms in total. The van der Waals surface area contributed by atoms with E-state index in [2.05, 4.69) is 15.9 Å². The van der Waals surface area contributed by atoms with Gasteiger partial charge in [0.1, 0.15) is 18.2 Å². The molecule has 0 aliphatic carbocycles. The first-order valence-corrected chi connectivity index (χ1v) is 6.74. The van der Waals surface area contributed by atoms with Crippen molar-refractivity contribution in [3.63, 3.8) is 0 Å². The second-order valence-corrected chi connectivity index (χ2v) is 4.80. The summed E-state index contributed by atoms with van der Waals surface area (Å²) in [6.45, 7) is 0.298. The van der Waals surface area contributed by atoms with Crippen LogP contribution in [0.5, 0.6) is 5.75 Å². The lowest BCUT2D eigenvalue weighted by atomic mass is 10.2. The summed E-state index contributed by atoms with van der Waals surface area (Å²) in [5, 5.41) is 0. The van der Waals surface area contributed by atoms with Crippen LogP contribution in [0.3, 0.4) is 0 Å². The third-order valence-electron chi connectivity index (χ3n) is 2.53. The molecule has 2 aromatic carbocycles. The second-order valence-electron chi connectivity index (χ2n) is 3.74. The summed E-state index contributed by atoms with van der Waals surface area (Å²) in [5.41, 5.74) is 1.69. The number of ether oxygens (including phenoxy) is 1. The highest BCUT2D eigenvalue weighted by atomic mass is 79.9. The molecule has 94 valence electrons. The normalized spacial score (nSPS) is 10.4. The van der Waals surface area contributed by atoms with Crippen LogP contribution in [-0.4, -0.2) is 0 Å². The molecule has 0 unspecified atom stereocenters. The number of benzene rings is 2. The summed E-state index contributed by atoms with van der Waals surface area (Å²) in [7, 11) is 0. The predicted molar refractivity (Wildman–Crippen MR) is 74.4 cm³/mol. The Kier molecular flexibility index (Phi) is 4.61. The quantitative estimate of drug-likeness (QED) is 0.725. The van der Waals surface area contributed by atoms with Crippen molar-refractivity contribution in [1.82, 2.24) is 0 Å². The molecule has 0 radical (unpaired) electrons. The summed E-state index contributed by atoms with van der Waals surface area (Å²) in [6.07, 6.45) is 0. The van der Waals surface area contributed by atoms with E-state index in [4.69, 9.17) is 16.3 Å². The van der Waals surface area contributed by atoms with Crippen molar-refractivity contribution in [2.45, 2.75) is 12.5 Å². The maximum Gasteiger partial charge on any atom is 0.137 e. The molecule has 2 rings (SSSR count). The zero-order valence-corrected chi connectivity index (χ0v) is 11.8. The monoisotopic (exact) mass is 328 g/mol. The van der Waals surface area contributed by atoms with Crippen LogP contribution in [0.25, 0.3) is 0 Å². The fourth-order valence-electron chi connectivity index (χ4n) is 1.57. The van der Waals surface area contributed by atoms with Gasteiger partial charge in [0, 0.05) is 11.1 Å². The predicted octanol–water partition coefficient (Wildman–Crippen LogP) is 4.91. The number of hydrogen-bond acceptors (Lipinski definition) is 1. The lowest BCUT2D eigenvalue weighted by Crippen LogP contribution is -1.99. The largest absolute Gasteiger partial charge is 0.489 e. The molecule has 0 aliphatic rings. The van der Waals surface area contributed by atoms with Crippen molar-refractivity contribution in [1.29, 1.82) is 0 Å². The molecule has 0 aliphatic heterocycles. The van der Waals surface area contributed by atoms with Crippen LogP contribution in [0.2, 0.25) is 0 Å². The van der Waals surface area contributed by atoms with Crippen LogP contribution >= 0.6 is 27.5 Å². The molecule has 0 bridgehead atoms. The van der Waals surface area contributed by atoms with Crippen LogP contribution in [-0.2, 0) is 12.5 Å². The first kappa shape index (κ1) is 13.4. The number of alkyl halides is 1. The van der Waals surface area contributed by atoms with E-state index in [1.165, 1.54) is 6.07 Å². The first-order chi connectivity index (χ1) is 8.72. The molecule has 0 spiro atoms. The van der Waals surface area contributed by atoms with Gasteiger partial charge in [-0.1, -0.05) is 30.3 Å². The van der Waals surface area contributed by atoms with Crippen LogP contribution in [0.15, 0.2) is 46.9 Å². The Morgan fingerprint density at radius 1 is 1.06 bits per heavy atom. The Labute approximate surface area is 119 Å². The molecule has 0 N–H and O–H groups in total. The van der Waals surface area contributed by atoms with E-state index in [1.54, 1.807) is 6.07 Å². The fraction of sp³-hybridized carbons (Fsp3) is 0.143. The Morgan fingerprint density at radius 2 is 1.78 bits per heavy atom. The van der Waals surface area contributed by atoms with Crippen molar-refractivity contribution < 1.29 is 9.13 Å². The van der Waals surface area contributed by atoms with Gasteiger partial charge in [0.2, 0.25) is 0 Å². The molecule has 0 fully saturated rings. The Bertz CT molecular complexity index is 545. The zero-order valence-electron chi connectivity index (χ0n) is 9.50. The van der Waals surface area contributed by atoms with E-state index >= 15 is 0 Å². The maximum absolute atomic E-state index is 13.3. The van der Waals surface area contributed by atoms with Crippen molar-refractivity contribution in [3.05, 3.63) is 63.9 Å². The van der Waals surface area contributed by atoms with Crippen LogP contribution in [0.1, 0.15) is 11.1 Å². The lowest BCUT2D eigenvalue weighted by molar-refractivity contribution is 0.302. The molecule has 0 aromatic heterocycles. The van der Waals surface area contributed by atoms with E-state index < -0.39 is 0 Å². The zero-order chi connectivity index (χ0) is 13.0. The molecular weight excluding hydrogens is 319 g/mol. The van der Waals surface area contributed by atoms with Crippen molar-refractivity contribution >= 4 is 27.5 Å². The second kappa shape index (κ2) is 6.21. The van der Waals surface area contributed by atoms with Crippen LogP contribution in [0, 0.1) is 5.82 Å². The average molecular weight is 330 g/mol. The van der Waals surface area contributed by atoms with Gasteiger partial charge < -0.3 is 4.74 Å². The molecular formula is C14H11BrClFO. The summed E-state index contributed by atoms with van der Waals surface area (Å²) >= 11 is 9.03. The summed E-state index contributed by atoms with van der Waals surface area (Å²) < 4.78 is 19.4. The van der Waals surface area contributed by atoms with Gasteiger partial charge in [-0.2, -0.15) is 0 Å². The summed E-state index contributed by atoms with van der Waals surface area (Å²) in [4.78, 5) is 0. The third kappa shape index (κ3) is 3.03. The standard InChI is InChI=1S/C14H11BrClFO/c15-14-11(5-3-6-12(14)17)9-18-13-7-2-1-4-10(13)8-16/h1-7H,8-9H2. The molecule has 2 aromatic rings. The highest BCUT2D eigenvalue weighted by Crippen LogP contribution is 2.24. The van der Waals surface area contributed by atoms with Gasteiger partial charge in [0.15, 0.2) is 0 Å². The van der Waals surface area contributed by atoms with Gasteiger partial charge in [0.05, 0.1) is 10.4 Å². The van der Waals surface area contributed by atoms with Gasteiger partial charge in [-0.15, -0.1) is 11.6 Å². The minimum absolute atomic E-state index is 0.290. The average Bonchev–Trinajstić information content (AvgIpc) is 2.41. The molecule has 0 heterocycles. The first-order valence-electron chi connectivity index (χ1n) is 5.42. The molecule has 0 saturated carbocycles. The number of halogens is 3. The SMILES string of the molecule is Fc1cccc(COc2ccccc2CCl)c1Br. The van der Waals surface area contributed by atoms with Gasteiger partial charge in [0.25, 0.3) is 0 Å². The highest BCUT2D eigenvalue weighted by Gasteiger charge is 2.07. The smallest absolute Gasteiger partial charge is 0.137 e. The minimum atomic E-state index is -0.290. The Morgan fingerprint density at radius 3 is 2.56 bits per heavy atom. The van der Waals surface area contributed by atoms with Gasteiger partial charge >= 0.3 is 0 Å². The number of hydrogen-bond donors (Lipinski definition) is 0.